The zero-order valence-corrected chi connectivity index (χ0v) is 16.8. The predicted molar refractivity (Wildman–Crippen MR) is 108 cm³/mol. The van der Waals surface area contributed by atoms with Gasteiger partial charge in [0, 0.05) is 23.4 Å². The third-order valence-electron chi connectivity index (χ3n) is 7.57. The van der Waals surface area contributed by atoms with Gasteiger partial charge in [-0.3, -0.25) is 19.3 Å². The summed E-state index contributed by atoms with van der Waals surface area (Å²) in [5.41, 5.74) is -0.0718. The van der Waals surface area contributed by atoms with Crippen molar-refractivity contribution >= 4 is 29.1 Å². The summed E-state index contributed by atoms with van der Waals surface area (Å²) in [6.07, 6.45) is 1.51. The predicted octanol–water partition coefficient (Wildman–Crippen LogP) is 1.99. The zero-order valence-electron chi connectivity index (χ0n) is 16.8. The number of anilines is 2. The number of nitrogens with zero attached hydrogens (tertiary/aromatic N) is 2. The summed E-state index contributed by atoms with van der Waals surface area (Å²) in [5, 5.41) is 2.84. The molecule has 4 atom stereocenters. The molecule has 5 aliphatic heterocycles. The quantitative estimate of drug-likeness (QED) is 0.690. The van der Waals surface area contributed by atoms with E-state index in [0.717, 1.165) is 6.42 Å². The van der Waals surface area contributed by atoms with Gasteiger partial charge in [0.2, 0.25) is 24.5 Å². The lowest BCUT2D eigenvalue weighted by Gasteiger charge is -2.36. The Bertz CT molecular complexity index is 1250. The highest BCUT2D eigenvalue weighted by Gasteiger charge is 2.74. The molecule has 3 saturated heterocycles. The molecule has 9 heteroatoms. The molecule has 0 bridgehead atoms. The number of carbonyl (C=O) groups excluding carboxylic acids is 3. The van der Waals surface area contributed by atoms with Crippen LogP contribution in [-0.4, -0.2) is 42.0 Å². The highest BCUT2D eigenvalue weighted by molar-refractivity contribution is 6.26. The van der Waals surface area contributed by atoms with Crippen LogP contribution in [0.15, 0.2) is 36.4 Å². The van der Waals surface area contributed by atoms with E-state index in [1.807, 2.05) is 4.90 Å². The van der Waals surface area contributed by atoms with Crippen LogP contribution in [0, 0.1) is 17.7 Å². The van der Waals surface area contributed by atoms with Gasteiger partial charge < -0.3 is 14.8 Å². The van der Waals surface area contributed by atoms with Crippen molar-refractivity contribution in [2.45, 2.75) is 24.4 Å². The van der Waals surface area contributed by atoms with Crippen LogP contribution in [-0.2, 0) is 19.9 Å². The summed E-state index contributed by atoms with van der Waals surface area (Å²) in [6, 6.07) is 8.80. The molecular formula is C23H18FN3O5. The number of benzene rings is 2. The first-order valence-electron chi connectivity index (χ1n) is 10.7. The fourth-order valence-corrected chi connectivity index (χ4v) is 6.45. The standard InChI is InChI=1S/C23H18FN3O5/c24-11-3-5-14-13(8-11)23(22(30)25-14)19-18(15-2-1-7-26(15)23)20(28)27(21(19)29)12-4-6-16-17(9-12)32-10-31-16/h3-6,8-9,15,18-19H,1-2,7,10H2,(H,25,30)/t15-,18+,19-,23+/m0/s1. The molecule has 0 saturated carbocycles. The van der Waals surface area contributed by atoms with E-state index >= 15 is 0 Å². The molecule has 0 unspecified atom stereocenters. The van der Waals surface area contributed by atoms with Gasteiger partial charge >= 0.3 is 0 Å². The summed E-state index contributed by atoms with van der Waals surface area (Å²) in [4.78, 5) is 44.2. The number of hydrogen-bond donors (Lipinski definition) is 1. The molecule has 162 valence electrons. The molecular weight excluding hydrogens is 417 g/mol. The Balaban J connectivity index is 1.41. The van der Waals surface area contributed by atoms with Crippen LogP contribution in [0.5, 0.6) is 11.5 Å². The number of halogens is 1. The Morgan fingerprint density at radius 3 is 2.75 bits per heavy atom. The van der Waals surface area contributed by atoms with Crippen molar-refractivity contribution in [3.05, 3.63) is 47.8 Å². The molecule has 5 aliphatic rings. The monoisotopic (exact) mass is 435 g/mol. The average Bonchev–Trinajstić information content (AvgIpc) is 3.55. The smallest absolute Gasteiger partial charge is 0.250 e. The number of ether oxygens (including phenoxy) is 2. The molecule has 2 aromatic carbocycles. The van der Waals surface area contributed by atoms with E-state index < -0.39 is 29.1 Å². The van der Waals surface area contributed by atoms with E-state index in [1.165, 1.54) is 23.1 Å². The van der Waals surface area contributed by atoms with E-state index in [0.29, 0.717) is 41.4 Å². The summed E-state index contributed by atoms with van der Waals surface area (Å²) in [7, 11) is 0. The zero-order chi connectivity index (χ0) is 21.8. The molecule has 0 aliphatic carbocycles. The van der Waals surface area contributed by atoms with Crippen LogP contribution in [0.1, 0.15) is 18.4 Å². The number of imide groups is 1. The summed E-state index contributed by atoms with van der Waals surface area (Å²) < 4.78 is 25.1. The van der Waals surface area contributed by atoms with Crippen molar-refractivity contribution in [2.24, 2.45) is 11.8 Å². The molecule has 0 aromatic heterocycles. The van der Waals surface area contributed by atoms with E-state index in [1.54, 1.807) is 18.2 Å². The molecule has 7 rings (SSSR count). The van der Waals surface area contributed by atoms with Crippen LogP contribution in [0.25, 0.3) is 0 Å². The Labute approximate surface area is 181 Å². The van der Waals surface area contributed by atoms with Crippen LogP contribution in [0.4, 0.5) is 15.8 Å². The van der Waals surface area contributed by atoms with Crippen molar-refractivity contribution in [3.63, 3.8) is 0 Å². The Morgan fingerprint density at radius 1 is 1.03 bits per heavy atom. The SMILES string of the molecule is O=C1[C@H]2[C@@H](C(=O)N1c1ccc3c(c1)OCO3)[C@]1(C(=O)Nc3ccc(F)cc31)N1CCC[C@@H]21. The minimum atomic E-state index is -1.39. The summed E-state index contributed by atoms with van der Waals surface area (Å²) in [5.74, 6) is -2.21. The maximum atomic E-state index is 14.3. The fraction of sp³-hybridized carbons (Fsp3) is 0.348. The fourth-order valence-electron chi connectivity index (χ4n) is 6.45. The lowest BCUT2D eigenvalue weighted by molar-refractivity contribution is -0.135. The Hall–Kier alpha value is -3.46. The lowest BCUT2D eigenvalue weighted by Crippen LogP contribution is -2.54. The van der Waals surface area contributed by atoms with Crippen molar-refractivity contribution in [2.75, 3.05) is 23.6 Å². The molecule has 1 N–H and O–H groups in total. The van der Waals surface area contributed by atoms with Crippen molar-refractivity contribution in [1.29, 1.82) is 0 Å². The molecule has 3 amide bonds. The third-order valence-corrected chi connectivity index (χ3v) is 7.57. The maximum Gasteiger partial charge on any atom is 0.250 e. The van der Waals surface area contributed by atoms with Gasteiger partial charge in [-0.2, -0.15) is 0 Å². The van der Waals surface area contributed by atoms with Crippen molar-refractivity contribution in [3.8, 4) is 11.5 Å². The van der Waals surface area contributed by atoms with Gasteiger partial charge in [0.05, 0.1) is 17.5 Å². The topological polar surface area (TPSA) is 88.2 Å². The van der Waals surface area contributed by atoms with Gasteiger partial charge in [-0.15, -0.1) is 0 Å². The number of hydrogen-bond acceptors (Lipinski definition) is 6. The van der Waals surface area contributed by atoms with Gasteiger partial charge in [-0.1, -0.05) is 0 Å². The molecule has 5 heterocycles. The number of amides is 3. The Kier molecular flexibility index (Phi) is 3.32. The first-order valence-corrected chi connectivity index (χ1v) is 10.7. The van der Waals surface area contributed by atoms with E-state index in [9.17, 15) is 18.8 Å². The summed E-state index contributed by atoms with van der Waals surface area (Å²) >= 11 is 0. The first kappa shape index (κ1) is 18.1. The minimum absolute atomic E-state index is 0.0780. The second kappa shape index (κ2) is 5.86. The lowest BCUT2D eigenvalue weighted by atomic mass is 9.75. The Morgan fingerprint density at radius 2 is 1.88 bits per heavy atom. The number of fused-ring (bicyclic) bond motifs is 8. The van der Waals surface area contributed by atoms with E-state index in [4.69, 9.17) is 9.47 Å². The van der Waals surface area contributed by atoms with Crippen molar-refractivity contribution < 1.29 is 28.2 Å². The molecule has 2 aromatic rings. The molecule has 8 nitrogen and oxygen atoms in total. The van der Waals surface area contributed by atoms with Gasteiger partial charge in [0.15, 0.2) is 11.5 Å². The van der Waals surface area contributed by atoms with Crippen LogP contribution >= 0.6 is 0 Å². The molecule has 1 spiro atoms. The molecule has 0 radical (unpaired) electrons. The highest BCUT2D eigenvalue weighted by atomic mass is 19.1. The average molecular weight is 435 g/mol. The largest absolute Gasteiger partial charge is 0.454 e. The number of rotatable bonds is 1. The molecule has 3 fully saturated rings. The van der Waals surface area contributed by atoms with Crippen molar-refractivity contribution in [1.82, 2.24) is 4.90 Å². The maximum absolute atomic E-state index is 14.3. The normalized spacial score (nSPS) is 32.0. The first-order chi connectivity index (χ1) is 15.5. The van der Waals surface area contributed by atoms with E-state index in [2.05, 4.69) is 5.32 Å². The van der Waals surface area contributed by atoms with Crippen LogP contribution in [0.2, 0.25) is 0 Å². The molecule has 32 heavy (non-hydrogen) atoms. The van der Waals surface area contributed by atoms with Crippen LogP contribution in [0.3, 0.4) is 0 Å². The van der Waals surface area contributed by atoms with Crippen LogP contribution < -0.4 is 19.7 Å². The number of nitrogens with one attached hydrogen (secondary N) is 1. The number of carbonyl (C=O) groups is 3. The van der Waals surface area contributed by atoms with E-state index in [-0.39, 0.29) is 24.6 Å². The second-order valence-corrected chi connectivity index (χ2v) is 8.87. The van der Waals surface area contributed by atoms with Gasteiger partial charge in [0.25, 0.3) is 0 Å². The van der Waals surface area contributed by atoms with Gasteiger partial charge in [-0.25, -0.2) is 9.29 Å². The highest BCUT2D eigenvalue weighted by Crippen LogP contribution is 2.60. The van der Waals surface area contributed by atoms with Gasteiger partial charge in [-0.05, 0) is 49.7 Å². The summed E-state index contributed by atoms with van der Waals surface area (Å²) in [6.45, 7) is 0.653. The van der Waals surface area contributed by atoms with Gasteiger partial charge in [0.1, 0.15) is 11.4 Å². The second-order valence-electron chi connectivity index (χ2n) is 8.87. The third kappa shape index (κ3) is 1.94. The minimum Gasteiger partial charge on any atom is -0.454 e.